The minimum atomic E-state index is 0.558. The molecular formula is C17H27N3O. The molecule has 1 aromatic rings. The van der Waals surface area contributed by atoms with Gasteiger partial charge in [0.1, 0.15) is 5.82 Å². The van der Waals surface area contributed by atoms with E-state index in [9.17, 15) is 0 Å². The van der Waals surface area contributed by atoms with Crippen LogP contribution in [0, 0.1) is 0 Å². The summed E-state index contributed by atoms with van der Waals surface area (Å²) < 4.78 is 5.48. The third-order valence-corrected chi connectivity index (χ3v) is 4.65. The maximum absolute atomic E-state index is 5.48. The average Bonchev–Trinajstić information content (AvgIpc) is 3.02. The molecule has 0 amide bonds. The van der Waals surface area contributed by atoms with Crippen LogP contribution in [0.15, 0.2) is 18.3 Å². The molecule has 4 heteroatoms. The molecule has 21 heavy (non-hydrogen) atoms. The minimum Gasteiger partial charge on any atom is -0.378 e. The lowest BCUT2D eigenvalue weighted by Gasteiger charge is -2.32. The smallest absolute Gasteiger partial charge is 0.133 e. The van der Waals surface area contributed by atoms with Crippen molar-refractivity contribution in [1.29, 1.82) is 0 Å². The zero-order valence-electron chi connectivity index (χ0n) is 13.1. The van der Waals surface area contributed by atoms with Crippen LogP contribution in [-0.4, -0.2) is 49.3 Å². The SMILES string of the molecule is CCCCN1CCC[C@H]1c1cccnc1N1CCOCC1. The average molecular weight is 289 g/mol. The molecule has 4 nitrogen and oxygen atoms in total. The van der Waals surface area contributed by atoms with Crippen molar-refractivity contribution in [2.45, 2.75) is 38.6 Å². The highest BCUT2D eigenvalue weighted by atomic mass is 16.5. The summed E-state index contributed by atoms with van der Waals surface area (Å²) in [7, 11) is 0. The van der Waals surface area contributed by atoms with E-state index in [2.05, 4.69) is 28.9 Å². The van der Waals surface area contributed by atoms with Gasteiger partial charge in [0.2, 0.25) is 0 Å². The van der Waals surface area contributed by atoms with Crippen LogP contribution < -0.4 is 4.90 Å². The summed E-state index contributed by atoms with van der Waals surface area (Å²) in [6, 6.07) is 4.94. The predicted octanol–water partition coefficient (Wildman–Crippen LogP) is 2.86. The molecule has 0 aromatic carbocycles. The monoisotopic (exact) mass is 289 g/mol. The summed E-state index contributed by atoms with van der Waals surface area (Å²) in [5.74, 6) is 1.19. The van der Waals surface area contributed by atoms with Crippen LogP contribution >= 0.6 is 0 Å². The predicted molar refractivity (Wildman–Crippen MR) is 85.7 cm³/mol. The van der Waals surface area contributed by atoms with E-state index < -0.39 is 0 Å². The molecule has 0 aliphatic carbocycles. The molecule has 0 spiro atoms. The topological polar surface area (TPSA) is 28.6 Å². The first-order chi connectivity index (χ1) is 10.4. The molecule has 1 aromatic heterocycles. The van der Waals surface area contributed by atoms with Gasteiger partial charge >= 0.3 is 0 Å². The largest absolute Gasteiger partial charge is 0.378 e. The Morgan fingerprint density at radius 2 is 2.14 bits per heavy atom. The second kappa shape index (κ2) is 7.23. The van der Waals surface area contributed by atoms with E-state index >= 15 is 0 Å². The third-order valence-electron chi connectivity index (χ3n) is 4.65. The van der Waals surface area contributed by atoms with Crippen molar-refractivity contribution in [1.82, 2.24) is 9.88 Å². The lowest BCUT2D eigenvalue weighted by atomic mass is 10.0. The van der Waals surface area contributed by atoms with Gasteiger partial charge in [0.05, 0.1) is 13.2 Å². The van der Waals surface area contributed by atoms with Crippen molar-refractivity contribution in [3.63, 3.8) is 0 Å². The molecule has 0 saturated carbocycles. The van der Waals surface area contributed by atoms with Gasteiger partial charge in [-0.15, -0.1) is 0 Å². The second-order valence-electron chi connectivity index (χ2n) is 6.06. The molecule has 3 rings (SSSR count). The van der Waals surface area contributed by atoms with Gasteiger partial charge in [0, 0.05) is 30.9 Å². The van der Waals surface area contributed by atoms with Gasteiger partial charge in [0.15, 0.2) is 0 Å². The van der Waals surface area contributed by atoms with Crippen LogP contribution in [0.25, 0.3) is 0 Å². The number of morpholine rings is 1. The molecule has 1 atom stereocenters. The lowest BCUT2D eigenvalue weighted by molar-refractivity contribution is 0.122. The summed E-state index contributed by atoms with van der Waals surface area (Å²) in [5.41, 5.74) is 1.42. The van der Waals surface area contributed by atoms with Gasteiger partial charge < -0.3 is 9.64 Å². The van der Waals surface area contributed by atoms with E-state index in [0.717, 1.165) is 26.3 Å². The number of hydrogen-bond donors (Lipinski definition) is 0. The molecule has 0 unspecified atom stereocenters. The molecule has 2 fully saturated rings. The Morgan fingerprint density at radius 3 is 2.95 bits per heavy atom. The fraction of sp³-hybridized carbons (Fsp3) is 0.706. The van der Waals surface area contributed by atoms with Crippen molar-refractivity contribution in [2.75, 3.05) is 44.3 Å². The van der Waals surface area contributed by atoms with Gasteiger partial charge in [-0.3, -0.25) is 4.90 Å². The maximum atomic E-state index is 5.48. The summed E-state index contributed by atoms with van der Waals surface area (Å²) >= 11 is 0. The van der Waals surface area contributed by atoms with Crippen molar-refractivity contribution < 1.29 is 4.74 Å². The number of hydrogen-bond acceptors (Lipinski definition) is 4. The standard InChI is InChI=1S/C17H27N3O/c1-2-3-9-19-10-5-7-16(19)15-6-4-8-18-17(15)20-11-13-21-14-12-20/h4,6,8,16H,2-3,5,7,9-14H2,1H3/t16-/m0/s1. The maximum Gasteiger partial charge on any atom is 0.133 e. The number of nitrogens with zero attached hydrogens (tertiary/aromatic N) is 3. The molecule has 0 radical (unpaired) electrons. The first-order valence-corrected chi connectivity index (χ1v) is 8.42. The number of likely N-dealkylation sites (tertiary alicyclic amines) is 1. The summed E-state index contributed by atoms with van der Waals surface area (Å²) in [6.07, 6.45) is 7.08. The first kappa shape index (κ1) is 14.8. The summed E-state index contributed by atoms with van der Waals surface area (Å²) in [6.45, 7) is 8.30. The Bertz CT molecular complexity index is 445. The molecule has 2 aliphatic heterocycles. The zero-order valence-corrected chi connectivity index (χ0v) is 13.1. The van der Waals surface area contributed by atoms with Gasteiger partial charge in [0.25, 0.3) is 0 Å². The Hall–Kier alpha value is -1.13. The van der Waals surface area contributed by atoms with Crippen LogP contribution in [0.4, 0.5) is 5.82 Å². The molecule has 0 bridgehead atoms. The first-order valence-electron chi connectivity index (χ1n) is 8.42. The van der Waals surface area contributed by atoms with Gasteiger partial charge in [-0.1, -0.05) is 19.4 Å². The highest BCUT2D eigenvalue weighted by molar-refractivity contribution is 5.49. The van der Waals surface area contributed by atoms with Crippen molar-refractivity contribution in [3.05, 3.63) is 23.9 Å². The van der Waals surface area contributed by atoms with E-state index in [0.29, 0.717) is 6.04 Å². The molecule has 116 valence electrons. The number of pyridine rings is 1. The van der Waals surface area contributed by atoms with Crippen LogP contribution in [-0.2, 0) is 4.74 Å². The minimum absolute atomic E-state index is 0.558. The van der Waals surface area contributed by atoms with Crippen LogP contribution in [0.2, 0.25) is 0 Å². The van der Waals surface area contributed by atoms with Gasteiger partial charge in [-0.05, 0) is 38.4 Å². The number of aromatic nitrogens is 1. The highest BCUT2D eigenvalue weighted by Crippen LogP contribution is 2.36. The van der Waals surface area contributed by atoms with Crippen molar-refractivity contribution in [3.8, 4) is 0 Å². The number of unbranched alkanes of at least 4 members (excludes halogenated alkanes) is 1. The number of ether oxygens (including phenoxy) is 1. The van der Waals surface area contributed by atoms with E-state index in [-0.39, 0.29) is 0 Å². The highest BCUT2D eigenvalue weighted by Gasteiger charge is 2.29. The van der Waals surface area contributed by atoms with Gasteiger partial charge in [-0.2, -0.15) is 0 Å². The summed E-state index contributed by atoms with van der Waals surface area (Å²) in [5, 5.41) is 0. The third kappa shape index (κ3) is 3.38. The quantitative estimate of drug-likeness (QED) is 0.833. The van der Waals surface area contributed by atoms with E-state index in [1.54, 1.807) is 0 Å². The van der Waals surface area contributed by atoms with Crippen molar-refractivity contribution >= 4 is 5.82 Å². The molecule has 2 saturated heterocycles. The van der Waals surface area contributed by atoms with Crippen LogP contribution in [0.5, 0.6) is 0 Å². The fourth-order valence-corrected chi connectivity index (χ4v) is 3.52. The fourth-order valence-electron chi connectivity index (χ4n) is 3.52. The van der Waals surface area contributed by atoms with E-state index in [1.807, 2.05) is 6.20 Å². The van der Waals surface area contributed by atoms with Gasteiger partial charge in [-0.25, -0.2) is 4.98 Å². The summed E-state index contributed by atoms with van der Waals surface area (Å²) in [4.78, 5) is 9.76. The number of anilines is 1. The lowest BCUT2D eigenvalue weighted by Crippen LogP contribution is -2.38. The normalized spacial score (nSPS) is 23.7. The van der Waals surface area contributed by atoms with Crippen molar-refractivity contribution in [2.24, 2.45) is 0 Å². The Balaban J connectivity index is 1.80. The van der Waals surface area contributed by atoms with Crippen LogP contribution in [0.3, 0.4) is 0 Å². The zero-order chi connectivity index (χ0) is 14.5. The Labute approximate surface area is 128 Å². The number of rotatable bonds is 5. The van der Waals surface area contributed by atoms with E-state index in [4.69, 9.17) is 9.72 Å². The molecule has 2 aliphatic rings. The molecular weight excluding hydrogens is 262 g/mol. The van der Waals surface area contributed by atoms with E-state index in [1.165, 1.54) is 50.2 Å². The van der Waals surface area contributed by atoms with Crippen LogP contribution in [0.1, 0.15) is 44.2 Å². The Morgan fingerprint density at radius 1 is 1.29 bits per heavy atom. The molecule has 0 N–H and O–H groups in total. The second-order valence-corrected chi connectivity index (χ2v) is 6.06. The Kier molecular flexibility index (Phi) is 5.09. The molecule has 3 heterocycles.